The summed E-state index contributed by atoms with van der Waals surface area (Å²) in [5.74, 6) is 0.155. The van der Waals surface area contributed by atoms with Crippen LogP contribution in [-0.2, 0) is 6.42 Å². The lowest BCUT2D eigenvalue weighted by atomic mass is 10.1. The fraction of sp³-hybridized carbons (Fsp3) is 0.250. The van der Waals surface area contributed by atoms with E-state index in [1.165, 1.54) is 6.07 Å². The molecule has 0 unspecified atom stereocenters. The van der Waals surface area contributed by atoms with Crippen molar-refractivity contribution in [2.45, 2.75) is 6.42 Å². The summed E-state index contributed by atoms with van der Waals surface area (Å²) in [7, 11) is 0. The van der Waals surface area contributed by atoms with Crippen molar-refractivity contribution in [2.75, 3.05) is 6.54 Å². The molecular weight excluding hydrogens is 142 g/mol. The monoisotopic (exact) mass is 153 g/mol. The molecule has 0 aliphatic carbocycles. The molecule has 3 nitrogen and oxygen atoms in total. The van der Waals surface area contributed by atoms with Crippen molar-refractivity contribution in [1.82, 2.24) is 0 Å². The molecule has 0 aliphatic heterocycles. The third kappa shape index (κ3) is 2.13. The maximum atomic E-state index is 9.02. The first-order chi connectivity index (χ1) is 5.22. The quantitative estimate of drug-likeness (QED) is 0.582. The first kappa shape index (κ1) is 7.88. The van der Waals surface area contributed by atoms with Crippen molar-refractivity contribution in [2.24, 2.45) is 5.73 Å². The van der Waals surface area contributed by atoms with Crippen LogP contribution < -0.4 is 5.73 Å². The lowest BCUT2D eigenvalue weighted by Crippen LogP contribution is -2.02. The van der Waals surface area contributed by atoms with E-state index in [1.54, 1.807) is 12.1 Å². The van der Waals surface area contributed by atoms with Gasteiger partial charge in [0, 0.05) is 6.07 Å². The van der Waals surface area contributed by atoms with E-state index < -0.39 is 0 Å². The van der Waals surface area contributed by atoms with E-state index in [2.05, 4.69) is 0 Å². The normalized spacial score (nSPS) is 9.91. The molecule has 0 aromatic heterocycles. The molecule has 1 aromatic rings. The molecule has 0 heterocycles. The predicted octanol–water partition coefficient (Wildman–Crippen LogP) is 0.599. The Bertz CT molecular complexity index is 228. The van der Waals surface area contributed by atoms with Crippen LogP contribution in [0.5, 0.6) is 11.5 Å². The van der Waals surface area contributed by atoms with Gasteiger partial charge >= 0.3 is 0 Å². The SMILES string of the molecule is NCCc1cc(O)cc(O)c1. The zero-order valence-electron chi connectivity index (χ0n) is 6.12. The van der Waals surface area contributed by atoms with Gasteiger partial charge < -0.3 is 15.9 Å². The molecule has 0 saturated carbocycles. The van der Waals surface area contributed by atoms with Crippen LogP contribution in [0.25, 0.3) is 0 Å². The Kier molecular flexibility index (Phi) is 2.33. The number of benzene rings is 1. The van der Waals surface area contributed by atoms with E-state index in [9.17, 15) is 0 Å². The maximum Gasteiger partial charge on any atom is 0.119 e. The molecule has 1 aromatic carbocycles. The summed E-state index contributed by atoms with van der Waals surface area (Å²) in [6, 6.07) is 4.47. The Balaban J connectivity index is 2.89. The van der Waals surface area contributed by atoms with E-state index >= 15 is 0 Å². The lowest BCUT2D eigenvalue weighted by molar-refractivity contribution is 0.449. The van der Waals surface area contributed by atoms with Gasteiger partial charge in [0.25, 0.3) is 0 Å². The van der Waals surface area contributed by atoms with Crippen molar-refractivity contribution in [3.05, 3.63) is 23.8 Å². The first-order valence-corrected chi connectivity index (χ1v) is 3.44. The second-order valence-corrected chi connectivity index (χ2v) is 2.40. The minimum atomic E-state index is 0.0773. The molecule has 3 heteroatoms. The van der Waals surface area contributed by atoms with E-state index in [0.717, 1.165) is 5.56 Å². The van der Waals surface area contributed by atoms with Gasteiger partial charge in [0.1, 0.15) is 11.5 Å². The molecule has 0 spiro atoms. The zero-order valence-corrected chi connectivity index (χ0v) is 6.12. The molecule has 60 valence electrons. The van der Waals surface area contributed by atoms with Crippen LogP contribution in [0.4, 0.5) is 0 Å². The highest BCUT2D eigenvalue weighted by atomic mass is 16.3. The van der Waals surface area contributed by atoms with Crippen molar-refractivity contribution in [3.8, 4) is 11.5 Å². The topological polar surface area (TPSA) is 66.5 Å². The number of hydrogen-bond donors (Lipinski definition) is 3. The van der Waals surface area contributed by atoms with E-state index in [1.807, 2.05) is 0 Å². The largest absolute Gasteiger partial charge is 0.508 e. The number of phenolic OH excluding ortho intramolecular Hbond substituents is 2. The molecule has 0 radical (unpaired) electrons. The van der Waals surface area contributed by atoms with Gasteiger partial charge in [-0.15, -0.1) is 0 Å². The molecule has 0 bridgehead atoms. The van der Waals surface area contributed by atoms with Gasteiger partial charge in [0.05, 0.1) is 0 Å². The van der Waals surface area contributed by atoms with E-state index in [-0.39, 0.29) is 11.5 Å². The van der Waals surface area contributed by atoms with Crippen LogP contribution >= 0.6 is 0 Å². The van der Waals surface area contributed by atoms with Crippen molar-refractivity contribution in [1.29, 1.82) is 0 Å². The Morgan fingerprint density at radius 2 is 1.64 bits per heavy atom. The van der Waals surface area contributed by atoms with Gasteiger partial charge in [-0.2, -0.15) is 0 Å². The van der Waals surface area contributed by atoms with E-state index in [0.29, 0.717) is 13.0 Å². The number of nitrogens with two attached hydrogens (primary N) is 1. The van der Waals surface area contributed by atoms with Crippen LogP contribution in [0.3, 0.4) is 0 Å². The Morgan fingerprint density at radius 3 is 2.09 bits per heavy atom. The second kappa shape index (κ2) is 3.25. The summed E-state index contributed by atoms with van der Waals surface area (Å²) in [5, 5.41) is 18.0. The fourth-order valence-electron chi connectivity index (χ4n) is 0.967. The predicted molar refractivity (Wildman–Crippen MR) is 42.5 cm³/mol. The third-order valence-corrected chi connectivity index (χ3v) is 1.40. The number of hydrogen-bond acceptors (Lipinski definition) is 3. The van der Waals surface area contributed by atoms with Gasteiger partial charge in [0.15, 0.2) is 0 Å². The summed E-state index contributed by atoms with van der Waals surface area (Å²) in [6.45, 7) is 0.517. The number of aromatic hydroxyl groups is 2. The molecule has 1 rings (SSSR count). The Hall–Kier alpha value is -1.22. The van der Waals surface area contributed by atoms with Crippen LogP contribution in [0.1, 0.15) is 5.56 Å². The highest BCUT2D eigenvalue weighted by molar-refractivity contribution is 5.36. The molecule has 0 aliphatic rings. The molecule has 0 amide bonds. The standard InChI is InChI=1S/C8H11NO2/c9-2-1-6-3-7(10)5-8(11)4-6/h3-5,10-11H,1-2,9H2. The summed E-state index contributed by atoms with van der Waals surface area (Å²) < 4.78 is 0. The van der Waals surface area contributed by atoms with Gasteiger partial charge in [-0.1, -0.05) is 0 Å². The van der Waals surface area contributed by atoms with Crippen molar-refractivity contribution >= 4 is 0 Å². The molecule has 0 fully saturated rings. The van der Waals surface area contributed by atoms with E-state index in [4.69, 9.17) is 15.9 Å². The summed E-state index contributed by atoms with van der Waals surface area (Å²) in [4.78, 5) is 0. The van der Waals surface area contributed by atoms with Gasteiger partial charge in [-0.05, 0) is 30.7 Å². The van der Waals surface area contributed by atoms with Crippen molar-refractivity contribution in [3.63, 3.8) is 0 Å². The molecule has 0 saturated heterocycles. The number of rotatable bonds is 2. The highest BCUT2D eigenvalue weighted by Gasteiger charge is 1.96. The molecule has 11 heavy (non-hydrogen) atoms. The second-order valence-electron chi connectivity index (χ2n) is 2.40. The number of phenols is 2. The van der Waals surface area contributed by atoms with Crippen LogP contribution in [-0.4, -0.2) is 16.8 Å². The lowest BCUT2D eigenvalue weighted by Gasteiger charge is -2.00. The zero-order chi connectivity index (χ0) is 8.27. The Morgan fingerprint density at radius 1 is 1.09 bits per heavy atom. The minimum Gasteiger partial charge on any atom is -0.508 e. The average Bonchev–Trinajstić information content (AvgIpc) is 1.85. The van der Waals surface area contributed by atoms with Gasteiger partial charge in [-0.3, -0.25) is 0 Å². The smallest absolute Gasteiger partial charge is 0.119 e. The van der Waals surface area contributed by atoms with Crippen LogP contribution in [0.15, 0.2) is 18.2 Å². The summed E-state index contributed by atoms with van der Waals surface area (Å²) in [6.07, 6.45) is 0.669. The summed E-state index contributed by atoms with van der Waals surface area (Å²) in [5.41, 5.74) is 6.15. The minimum absolute atomic E-state index is 0.0773. The third-order valence-electron chi connectivity index (χ3n) is 1.40. The Labute approximate surface area is 65.1 Å². The highest BCUT2D eigenvalue weighted by Crippen LogP contribution is 2.20. The van der Waals surface area contributed by atoms with Crippen LogP contribution in [0, 0.1) is 0 Å². The maximum absolute atomic E-state index is 9.02. The molecular formula is C8H11NO2. The molecule has 0 atom stereocenters. The summed E-state index contributed by atoms with van der Waals surface area (Å²) >= 11 is 0. The van der Waals surface area contributed by atoms with Gasteiger partial charge in [0.2, 0.25) is 0 Å². The fourth-order valence-corrected chi connectivity index (χ4v) is 0.967. The first-order valence-electron chi connectivity index (χ1n) is 3.44. The van der Waals surface area contributed by atoms with Crippen LogP contribution in [0.2, 0.25) is 0 Å². The molecule has 4 N–H and O–H groups in total. The average molecular weight is 153 g/mol. The van der Waals surface area contributed by atoms with Crippen molar-refractivity contribution < 1.29 is 10.2 Å². The van der Waals surface area contributed by atoms with Gasteiger partial charge in [-0.25, -0.2) is 0 Å².